The highest BCUT2D eigenvalue weighted by molar-refractivity contribution is 6.30. The third kappa shape index (κ3) is 3.30. The molecule has 22 heavy (non-hydrogen) atoms. The van der Waals surface area contributed by atoms with E-state index in [0.717, 1.165) is 5.02 Å². The molecule has 117 valence electrons. The molecule has 0 unspecified atom stereocenters. The first-order valence-corrected chi connectivity index (χ1v) is 8.74. The van der Waals surface area contributed by atoms with E-state index in [1.807, 2.05) is 6.07 Å². The van der Waals surface area contributed by atoms with Crippen LogP contribution in [-0.2, 0) is 0 Å². The van der Waals surface area contributed by atoms with E-state index in [1.54, 1.807) is 0 Å². The Balaban J connectivity index is 1.87. The quantitative estimate of drug-likeness (QED) is 0.720. The SMILES string of the molecule is C[C]1[CH][C](C)[C](c2cc(Cl)ccc2NC2CCCCC2)[C]1C. The summed E-state index contributed by atoms with van der Waals surface area (Å²) in [5, 5.41) is 4.59. The zero-order valence-electron chi connectivity index (χ0n) is 13.8. The van der Waals surface area contributed by atoms with Crippen molar-refractivity contribution in [1.29, 1.82) is 0 Å². The molecule has 5 radical (unpaired) electrons. The Morgan fingerprint density at radius 1 is 1.00 bits per heavy atom. The first kappa shape index (κ1) is 16.2. The normalized spacial score (nSPS) is 23.3. The molecule has 0 aliphatic heterocycles. The van der Waals surface area contributed by atoms with E-state index in [4.69, 9.17) is 11.6 Å². The van der Waals surface area contributed by atoms with Crippen LogP contribution in [0.2, 0.25) is 5.02 Å². The van der Waals surface area contributed by atoms with E-state index in [1.165, 1.54) is 67.0 Å². The number of hydrogen-bond acceptors (Lipinski definition) is 1. The van der Waals surface area contributed by atoms with Gasteiger partial charge in [0.2, 0.25) is 0 Å². The van der Waals surface area contributed by atoms with Gasteiger partial charge in [-0.25, -0.2) is 0 Å². The summed E-state index contributed by atoms with van der Waals surface area (Å²) in [7, 11) is 0. The Morgan fingerprint density at radius 3 is 2.36 bits per heavy atom. The summed E-state index contributed by atoms with van der Waals surface area (Å²) in [6.07, 6.45) is 8.89. The van der Waals surface area contributed by atoms with E-state index in [9.17, 15) is 0 Å². The lowest BCUT2D eigenvalue weighted by molar-refractivity contribution is 0.462. The minimum atomic E-state index is 0.602. The molecule has 0 heterocycles. The van der Waals surface area contributed by atoms with Crippen LogP contribution in [0.5, 0.6) is 0 Å². The molecular formula is C20H25ClN. The number of nitrogens with one attached hydrogen (secondary N) is 1. The fraction of sp³-hybridized carbons (Fsp3) is 0.450. The maximum Gasteiger partial charge on any atom is 0.0410 e. The Hall–Kier alpha value is -0.690. The van der Waals surface area contributed by atoms with Crippen molar-refractivity contribution in [2.24, 2.45) is 0 Å². The van der Waals surface area contributed by atoms with Crippen molar-refractivity contribution in [2.45, 2.75) is 58.9 Å². The van der Waals surface area contributed by atoms with Crippen molar-refractivity contribution in [1.82, 2.24) is 0 Å². The Morgan fingerprint density at radius 2 is 1.73 bits per heavy atom. The highest BCUT2D eigenvalue weighted by Crippen LogP contribution is 2.51. The summed E-state index contributed by atoms with van der Waals surface area (Å²) in [6.45, 7) is 6.59. The summed E-state index contributed by atoms with van der Waals surface area (Å²) in [5.74, 6) is 5.41. The minimum Gasteiger partial charge on any atom is -0.382 e. The summed E-state index contributed by atoms with van der Waals surface area (Å²) in [6, 6.07) is 6.86. The fourth-order valence-corrected chi connectivity index (χ4v) is 3.90. The topological polar surface area (TPSA) is 12.0 Å². The van der Waals surface area contributed by atoms with E-state index >= 15 is 0 Å². The molecule has 0 spiro atoms. The zero-order chi connectivity index (χ0) is 15.7. The molecule has 2 fully saturated rings. The van der Waals surface area contributed by atoms with E-state index < -0.39 is 0 Å². The number of rotatable bonds is 3. The average molecular weight is 315 g/mol. The zero-order valence-corrected chi connectivity index (χ0v) is 14.6. The number of hydrogen-bond donors (Lipinski definition) is 1. The smallest absolute Gasteiger partial charge is 0.0410 e. The first-order valence-electron chi connectivity index (χ1n) is 8.36. The Kier molecular flexibility index (Phi) is 5.02. The third-order valence-electron chi connectivity index (χ3n) is 5.01. The molecule has 0 amide bonds. The summed E-state index contributed by atoms with van der Waals surface area (Å²) < 4.78 is 0. The van der Waals surface area contributed by atoms with Crippen LogP contribution in [0.1, 0.15) is 58.4 Å². The second kappa shape index (κ2) is 6.83. The lowest BCUT2D eigenvalue weighted by Gasteiger charge is -2.28. The van der Waals surface area contributed by atoms with Gasteiger partial charge in [-0.1, -0.05) is 51.6 Å². The monoisotopic (exact) mass is 314 g/mol. The number of halogens is 1. The van der Waals surface area contributed by atoms with E-state index in [-0.39, 0.29) is 0 Å². The molecule has 0 saturated heterocycles. The second-order valence-corrected chi connectivity index (χ2v) is 7.12. The highest BCUT2D eigenvalue weighted by Gasteiger charge is 2.40. The molecule has 0 atom stereocenters. The molecule has 2 heteroatoms. The van der Waals surface area contributed by atoms with Crippen LogP contribution in [0.3, 0.4) is 0 Å². The maximum atomic E-state index is 6.29. The van der Waals surface area contributed by atoms with Gasteiger partial charge in [-0.15, -0.1) is 0 Å². The van der Waals surface area contributed by atoms with Crippen LogP contribution >= 0.6 is 11.6 Å². The van der Waals surface area contributed by atoms with Crippen molar-refractivity contribution in [3.63, 3.8) is 0 Å². The second-order valence-electron chi connectivity index (χ2n) is 6.68. The predicted molar refractivity (Wildman–Crippen MR) is 95.3 cm³/mol. The Labute approximate surface area is 140 Å². The van der Waals surface area contributed by atoms with Gasteiger partial charge in [0.25, 0.3) is 0 Å². The molecule has 0 aromatic heterocycles. The van der Waals surface area contributed by atoms with Gasteiger partial charge in [0.15, 0.2) is 0 Å². The maximum absolute atomic E-state index is 6.29. The molecule has 1 N–H and O–H groups in total. The molecule has 1 nitrogen and oxygen atoms in total. The van der Waals surface area contributed by atoms with Crippen LogP contribution in [0.15, 0.2) is 18.2 Å². The molecule has 0 bridgehead atoms. The summed E-state index contributed by atoms with van der Waals surface area (Å²) in [5.41, 5.74) is 2.48. The van der Waals surface area contributed by atoms with Crippen molar-refractivity contribution in [3.05, 3.63) is 58.9 Å². The van der Waals surface area contributed by atoms with Gasteiger partial charge < -0.3 is 5.32 Å². The lowest BCUT2D eigenvalue weighted by atomic mass is 9.82. The van der Waals surface area contributed by atoms with Gasteiger partial charge >= 0.3 is 0 Å². The predicted octanol–water partition coefficient (Wildman–Crippen LogP) is 6.01. The van der Waals surface area contributed by atoms with Gasteiger partial charge in [0, 0.05) is 22.7 Å². The van der Waals surface area contributed by atoms with E-state index in [2.05, 4.69) is 44.6 Å². The first-order chi connectivity index (χ1) is 10.6. The van der Waals surface area contributed by atoms with Gasteiger partial charge in [0.05, 0.1) is 0 Å². The van der Waals surface area contributed by atoms with E-state index in [0.29, 0.717) is 6.04 Å². The van der Waals surface area contributed by atoms with Crippen LogP contribution in [0, 0.1) is 30.1 Å². The third-order valence-corrected chi connectivity index (χ3v) is 5.24. The van der Waals surface area contributed by atoms with Crippen LogP contribution in [-0.4, -0.2) is 6.04 Å². The Bertz CT molecular complexity index is 506. The van der Waals surface area contributed by atoms with Crippen LogP contribution in [0.25, 0.3) is 0 Å². The molecule has 3 rings (SSSR count). The van der Waals surface area contributed by atoms with Gasteiger partial charge in [-0.3, -0.25) is 0 Å². The van der Waals surface area contributed by atoms with Gasteiger partial charge in [-0.05, 0) is 60.8 Å². The lowest BCUT2D eigenvalue weighted by Crippen LogP contribution is -2.24. The summed E-state index contributed by atoms with van der Waals surface area (Å²) in [4.78, 5) is 0. The van der Waals surface area contributed by atoms with Crippen molar-refractivity contribution >= 4 is 17.3 Å². The minimum absolute atomic E-state index is 0.602. The van der Waals surface area contributed by atoms with Gasteiger partial charge in [-0.2, -0.15) is 0 Å². The van der Waals surface area contributed by atoms with Gasteiger partial charge in [0.1, 0.15) is 0 Å². The molecule has 1 aromatic carbocycles. The molecular weight excluding hydrogens is 290 g/mol. The summed E-state index contributed by atoms with van der Waals surface area (Å²) >= 11 is 6.29. The largest absolute Gasteiger partial charge is 0.382 e. The average Bonchev–Trinajstić information content (AvgIpc) is 2.75. The number of anilines is 1. The van der Waals surface area contributed by atoms with Crippen LogP contribution < -0.4 is 5.32 Å². The molecule has 2 aliphatic rings. The van der Waals surface area contributed by atoms with Crippen molar-refractivity contribution < 1.29 is 0 Å². The van der Waals surface area contributed by atoms with Crippen molar-refractivity contribution in [3.8, 4) is 0 Å². The molecule has 1 aromatic rings. The number of benzene rings is 1. The molecule has 2 aliphatic carbocycles. The fourth-order valence-electron chi connectivity index (χ4n) is 3.73. The highest BCUT2D eigenvalue weighted by atomic mass is 35.5. The molecule has 2 saturated carbocycles. The standard InChI is InChI=1S/C20H25ClN/c1-13-11-14(2)20(15(13)3)18-12-16(21)9-10-19(18)22-17-7-5-4-6-8-17/h9-12,17,22H,4-8H2,1-3H3. The van der Waals surface area contributed by atoms with Crippen LogP contribution in [0.4, 0.5) is 5.69 Å². The van der Waals surface area contributed by atoms with Crippen molar-refractivity contribution in [2.75, 3.05) is 5.32 Å².